The molecule has 0 amide bonds. The predicted octanol–water partition coefficient (Wildman–Crippen LogP) is 3.56. The van der Waals surface area contributed by atoms with E-state index in [0.29, 0.717) is 13.2 Å². The lowest BCUT2D eigenvalue weighted by Crippen LogP contribution is -2.33. The number of allylic oxidation sites excluding steroid dienone is 1. The summed E-state index contributed by atoms with van der Waals surface area (Å²) in [6.45, 7) is 8.12. The Morgan fingerprint density at radius 2 is 2.00 bits per heavy atom. The fourth-order valence-corrected chi connectivity index (χ4v) is 2.26. The molecule has 1 aliphatic rings. The zero-order chi connectivity index (χ0) is 12.0. The molecule has 0 aromatic rings. The van der Waals surface area contributed by atoms with Crippen molar-refractivity contribution in [1.82, 2.24) is 0 Å². The standard InChI is InChI=1S/C14H26O2/c1-14(2,3)13(16-11-10-15-4)12-8-6-5-7-9-12/h8,13H,5-7,9-11H2,1-4H3/t13-/m1/s1. The minimum Gasteiger partial charge on any atom is -0.382 e. The summed E-state index contributed by atoms with van der Waals surface area (Å²) < 4.78 is 11.0. The second-order valence-electron chi connectivity index (χ2n) is 5.63. The van der Waals surface area contributed by atoms with E-state index in [1.807, 2.05) is 0 Å². The quantitative estimate of drug-likeness (QED) is 0.527. The van der Waals surface area contributed by atoms with Gasteiger partial charge in [0.15, 0.2) is 0 Å². The van der Waals surface area contributed by atoms with Crippen LogP contribution in [0.3, 0.4) is 0 Å². The number of methoxy groups -OCH3 is 1. The lowest BCUT2D eigenvalue weighted by Gasteiger charge is -2.34. The molecule has 0 radical (unpaired) electrons. The van der Waals surface area contributed by atoms with E-state index in [0.717, 1.165) is 0 Å². The van der Waals surface area contributed by atoms with Crippen LogP contribution in [0.2, 0.25) is 0 Å². The molecule has 0 aromatic carbocycles. The van der Waals surface area contributed by atoms with Crippen molar-refractivity contribution >= 4 is 0 Å². The molecule has 0 saturated carbocycles. The van der Waals surface area contributed by atoms with Gasteiger partial charge in [-0.25, -0.2) is 0 Å². The summed E-state index contributed by atoms with van der Waals surface area (Å²) in [4.78, 5) is 0. The van der Waals surface area contributed by atoms with Crippen molar-refractivity contribution < 1.29 is 9.47 Å². The van der Waals surface area contributed by atoms with Crippen LogP contribution in [0.4, 0.5) is 0 Å². The van der Waals surface area contributed by atoms with E-state index >= 15 is 0 Å². The average Bonchev–Trinajstić information content (AvgIpc) is 2.24. The summed E-state index contributed by atoms with van der Waals surface area (Å²) >= 11 is 0. The highest BCUT2D eigenvalue weighted by molar-refractivity contribution is 5.14. The van der Waals surface area contributed by atoms with Crippen LogP contribution in [0, 0.1) is 5.41 Å². The molecule has 0 heterocycles. The summed E-state index contributed by atoms with van der Waals surface area (Å²) in [5, 5.41) is 0. The van der Waals surface area contributed by atoms with Crippen LogP contribution < -0.4 is 0 Å². The number of rotatable bonds is 5. The highest BCUT2D eigenvalue weighted by Crippen LogP contribution is 2.33. The Labute approximate surface area is 100 Å². The molecule has 94 valence electrons. The third-order valence-corrected chi connectivity index (χ3v) is 3.02. The molecule has 1 atom stereocenters. The molecule has 2 nitrogen and oxygen atoms in total. The summed E-state index contributed by atoms with van der Waals surface area (Å²) in [6, 6.07) is 0. The molecule has 0 N–H and O–H groups in total. The van der Waals surface area contributed by atoms with Crippen LogP contribution in [0.5, 0.6) is 0 Å². The van der Waals surface area contributed by atoms with E-state index in [1.54, 1.807) is 7.11 Å². The first kappa shape index (κ1) is 13.7. The number of hydrogen-bond donors (Lipinski definition) is 0. The van der Waals surface area contributed by atoms with E-state index < -0.39 is 0 Å². The maximum absolute atomic E-state index is 5.99. The Bertz CT molecular complexity index is 225. The summed E-state index contributed by atoms with van der Waals surface area (Å²) in [7, 11) is 1.72. The van der Waals surface area contributed by atoms with Gasteiger partial charge in [0.2, 0.25) is 0 Å². The first-order chi connectivity index (χ1) is 7.55. The average molecular weight is 226 g/mol. The molecule has 0 bridgehead atoms. The number of ether oxygens (including phenoxy) is 2. The van der Waals surface area contributed by atoms with Crippen LogP contribution in [0.25, 0.3) is 0 Å². The molecule has 0 aromatic heterocycles. The molecule has 1 rings (SSSR count). The Hall–Kier alpha value is -0.340. The van der Waals surface area contributed by atoms with Crippen molar-refractivity contribution in [2.45, 2.75) is 52.6 Å². The van der Waals surface area contributed by atoms with Crippen molar-refractivity contribution in [3.05, 3.63) is 11.6 Å². The Morgan fingerprint density at radius 3 is 2.50 bits per heavy atom. The van der Waals surface area contributed by atoms with Gasteiger partial charge < -0.3 is 9.47 Å². The maximum Gasteiger partial charge on any atom is 0.0834 e. The van der Waals surface area contributed by atoms with Gasteiger partial charge in [0.05, 0.1) is 19.3 Å². The maximum atomic E-state index is 5.99. The molecule has 0 unspecified atom stereocenters. The van der Waals surface area contributed by atoms with E-state index in [2.05, 4.69) is 26.8 Å². The third-order valence-electron chi connectivity index (χ3n) is 3.02. The summed E-state index contributed by atoms with van der Waals surface area (Å²) in [6.07, 6.45) is 7.70. The predicted molar refractivity (Wildman–Crippen MR) is 67.6 cm³/mol. The molecular formula is C14H26O2. The van der Waals surface area contributed by atoms with Crippen LogP contribution in [-0.2, 0) is 9.47 Å². The minimum atomic E-state index is 0.177. The molecule has 0 fully saturated rings. The smallest absolute Gasteiger partial charge is 0.0834 e. The van der Waals surface area contributed by atoms with Crippen molar-refractivity contribution in [1.29, 1.82) is 0 Å². The molecular weight excluding hydrogens is 200 g/mol. The van der Waals surface area contributed by atoms with Gasteiger partial charge in [-0.15, -0.1) is 0 Å². The zero-order valence-corrected chi connectivity index (χ0v) is 11.2. The first-order valence-corrected chi connectivity index (χ1v) is 6.35. The highest BCUT2D eigenvalue weighted by atomic mass is 16.5. The van der Waals surface area contributed by atoms with Gasteiger partial charge in [-0.05, 0) is 36.7 Å². The highest BCUT2D eigenvalue weighted by Gasteiger charge is 2.29. The minimum absolute atomic E-state index is 0.177. The monoisotopic (exact) mass is 226 g/mol. The van der Waals surface area contributed by atoms with Gasteiger partial charge >= 0.3 is 0 Å². The summed E-state index contributed by atoms with van der Waals surface area (Å²) in [5.41, 5.74) is 1.67. The van der Waals surface area contributed by atoms with E-state index in [-0.39, 0.29) is 11.5 Å². The van der Waals surface area contributed by atoms with Crippen LogP contribution in [0.1, 0.15) is 46.5 Å². The normalized spacial score (nSPS) is 19.4. The van der Waals surface area contributed by atoms with Gasteiger partial charge in [-0.2, -0.15) is 0 Å². The zero-order valence-electron chi connectivity index (χ0n) is 11.2. The second kappa shape index (κ2) is 6.41. The van der Waals surface area contributed by atoms with Gasteiger partial charge in [0.1, 0.15) is 0 Å². The summed E-state index contributed by atoms with van der Waals surface area (Å²) in [5.74, 6) is 0. The van der Waals surface area contributed by atoms with E-state index in [1.165, 1.54) is 31.3 Å². The van der Waals surface area contributed by atoms with Crippen LogP contribution >= 0.6 is 0 Å². The van der Waals surface area contributed by atoms with Gasteiger partial charge in [-0.3, -0.25) is 0 Å². The SMILES string of the molecule is COCCO[C@H](C1=CCCCC1)C(C)(C)C. The van der Waals surface area contributed by atoms with Crippen LogP contribution in [-0.4, -0.2) is 26.4 Å². The van der Waals surface area contributed by atoms with Gasteiger partial charge in [0.25, 0.3) is 0 Å². The molecule has 2 heteroatoms. The number of hydrogen-bond acceptors (Lipinski definition) is 2. The molecule has 16 heavy (non-hydrogen) atoms. The Balaban J connectivity index is 2.59. The fourth-order valence-electron chi connectivity index (χ4n) is 2.26. The van der Waals surface area contributed by atoms with E-state index in [9.17, 15) is 0 Å². The van der Waals surface area contributed by atoms with Gasteiger partial charge in [-0.1, -0.05) is 26.8 Å². The van der Waals surface area contributed by atoms with Crippen molar-refractivity contribution in [2.75, 3.05) is 20.3 Å². The van der Waals surface area contributed by atoms with Crippen molar-refractivity contribution in [2.24, 2.45) is 5.41 Å². The fraction of sp³-hybridized carbons (Fsp3) is 0.857. The van der Waals surface area contributed by atoms with E-state index in [4.69, 9.17) is 9.47 Å². The molecule has 0 saturated heterocycles. The lowest BCUT2D eigenvalue weighted by atomic mass is 9.80. The van der Waals surface area contributed by atoms with Gasteiger partial charge in [0, 0.05) is 7.11 Å². The largest absolute Gasteiger partial charge is 0.382 e. The first-order valence-electron chi connectivity index (χ1n) is 6.35. The molecule has 1 aliphatic carbocycles. The van der Waals surface area contributed by atoms with Crippen molar-refractivity contribution in [3.63, 3.8) is 0 Å². The lowest BCUT2D eigenvalue weighted by molar-refractivity contribution is -0.0185. The Morgan fingerprint density at radius 1 is 1.25 bits per heavy atom. The topological polar surface area (TPSA) is 18.5 Å². The molecule has 0 aliphatic heterocycles. The Kier molecular flexibility index (Phi) is 5.50. The third kappa shape index (κ3) is 4.26. The second-order valence-corrected chi connectivity index (χ2v) is 5.63. The van der Waals surface area contributed by atoms with Crippen LogP contribution in [0.15, 0.2) is 11.6 Å². The van der Waals surface area contributed by atoms with Crippen molar-refractivity contribution in [3.8, 4) is 0 Å². The molecule has 0 spiro atoms.